The van der Waals surface area contributed by atoms with E-state index in [0.29, 0.717) is 18.1 Å². The standard InChI is InChI=1S/C17H13N3O8/c1-9(21)13-7-15-16(28-3-2-27-15)8-14(13)18-17(22)10-4-11(19(23)24)6-12(5-10)20(25)26/h4-8H,2-3H2,1H3,(H,18,22). The number of rotatable bonds is 5. The lowest BCUT2D eigenvalue weighted by Gasteiger charge is -2.20. The number of ketones is 1. The summed E-state index contributed by atoms with van der Waals surface area (Å²) in [6, 6.07) is 5.39. The molecular weight excluding hydrogens is 374 g/mol. The molecule has 0 aromatic heterocycles. The zero-order valence-electron chi connectivity index (χ0n) is 14.5. The zero-order valence-corrected chi connectivity index (χ0v) is 14.5. The van der Waals surface area contributed by atoms with Crippen molar-refractivity contribution in [2.45, 2.75) is 6.92 Å². The molecule has 2 aromatic rings. The summed E-state index contributed by atoms with van der Waals surface area (Å²) in [5.74, 6) is -0.555. The monoisotopic (exact) mass is 387 g/mol. The molecule has 1 heterocycles. The largest absolute Gasteiger partial charge is 0.486 e. The number of nitrogens with zero attached hydrogens (tertiary/aromatic N) is 2. The number of ether oxygens (including phenoxy) is 2. The van der Waals surface area contributed by atoms with Crippen LogP contribution in [0.3, 0.4) is 0 Å². The summed E-state index contributed by atoms with van der Waals surface area (Å²) in [6.45, 7) is 1.89. The van der Waals surface area contributed by atoms with E-state index < -0.39 is 27.1 Å². The third-order valence-electron chi connectivity index (χ3n) is 3.90. The van der Waals surface area contributed by atoms with E-state index in [1.807, 2.05) is 0 Å². The molecule has 0 radical (unpaired) electrons. The average molecular weight is 387 g/mol. The Kier molecular flexibility index (Phi) is 4.90. The van der Waals surface area contributed by atoms with E-state index in [-0.39, 0.29) is 29.2 Å². The van der Waals surface area contributed by atoms with Crippen LogP contribution in [-0.2, 0) is 0 Å². The predicted molar refractivity (Wildman–Crippen MR) is 95.1 cm³/mol. The second-order valence-electron chi connectivity index (χ2n) is 5.80. The number of amides is 1. The summed E-state index contributed by atoms with van der Waals surface area (Å²) >= 11 is 0. The number of hydrogen-bond acceptors (Lipinski definition) is 8. The van der Waals surface area contributed by atoms with Crippen molar-refractivity contribution in [3.8, 4) is 11.5 Å². The molecule has 1 aliphatic rings. The number of nitro groups is 2. The first kappa shape index (κ1) is 18.8. The maximum atomic E-state index is 12.6. The number of nitro benzene ring substituents is 2. The van der Waals surface area contributed by atoms with Crippen LogP contribution in [0.1, 0.15) is 27.6 Å². The molecule has 0 atom stereocenters. The summed E-state index contributed by atoms with van der Waals surface area (Å²) in [5.41, 5.74) is -1.28. The number of carbonyl (C=O) groups is 2. The number of carbonyl (C=O) groups excluding carboxylic acids is 2. The Hall–Kier alpha value is -4.02. The van der Waals surface area contributed by atoms with Gasteiger partial charge in [-0.25, -0.2) is 0 Å². The van der Waals surface area contributed by atoms with Crippen LogP contribution in [0.5, 0.6) is 11.5 Å². The molecule has 0 unspecified atom stereocenters. The fourth-order valence-electron chi connectivity index (χ4n) is 2.62. The first-order chi connectivity index (χ1) is 13.3. The van der Waals surface area contributed by atoms with Gasteiger partial charge in [0.15, 0.2) is 17.3 Å². The van der Waals surface area contributed by atoms with Crippen molar-refractivity contribution in [2.24, 2.45) is 0 Å². The molecule has 2 aromatic carbocycles. The van der Waals surface area contributed by atoms with Crippen LogP contribution in [0.4, 0.5) is 17.1 Å². The van der Waals surface area contributed by atoms with Crippen molar-refractivity contribution < 1.29 is 28.9 Å². The Morgan fingerprint density at radius 1 is 0.929 bits per heavy atom. The lowest BCUT2D eigenvalue weighted by Crippen LogP contribution is -2.18. The Morgan fingerprint density at radius 2 is 1.46 bits per heavy atom. The van der Waals surface area contributed by atoms with E-state index in [1.165, 1.54) is 19.1 Å². The Bertz CT molecular complexity index is 985. The Labute approximate surface area is 157 Å². The van der Waals surface area contributed by atoms with E-state index in [2.05, 4.69) is 5.32 Å². The van der Waals surface area contributed by atoms with Gasteiger partial charge in [0.1, 0.15) is 13.2 Å². The summed E-state index contributed by atoms with van der Waals surface area (Å²) in [5, 5.41) is 24.4. The van der Waals surface area contributed by atoms with Crippen LogP contribution in [0, 0.1) is 20.2 Å². The van der Waals surface area contributed by atoms with Crippen LogP contribution < -0.4 is 14.8 Å². The molecule has 0 bridgehead atoms. The molecule has 0 fully saturated rings. The van der Waals surface area contributed by atoms with Crippen molar-refractivity contribution in [2.75, 3.05) is 18.5 Å². The van der Waals surface area contributed by atoms with E-state index >= 15 is 0 Å². The van der Waals surface area contributed by atoms with Crippen LogP contribution in [0.15, 0.2) is 30.3 Å². The molecule has 11 heteroatoms. The molecule has 11 nitrogen and oxygen atoms in total. The van der Waals surface area contributed by atoms with Crippen molar-refractivity contribution in [3.63, 3.8) is 0 Å². The van der Waals surface area contributed by atoms with Crippen LogP contribution >= 0.6 is 0 Å². The van der Waals surface area contributed by atoms with Crippen molar-refractivity contribution >= 4 is 28.8 Å². The van der Waals surface area contributed by atoms with Gasteiger partial charge in [-0.1, -0.05) is 0 Å². The highest BCUT2D eigenvalue weighted by molar-refractivity contribution is 6.10. The predicted octanol–water partition coefficient (Wildman–Crippen LogP) is 2.73. The third kappa shape index (κ3) is 3.72. The van der Waals surface area contributed by atoms with Crippen molar-refractivity contribution in [1.82, 2.24) is 0 Å². The highest BCUT2D eigenvalue weighted by Gasteiger charge is 2.23. The number of fused-ring (bicyclic) bond motifs is 1. The first-order valence-corrected chi connectivity index (χ1v) is 7.96. The third-order valence-corrected chi connectivity index (χ3v) is 3.90. The van der Waals surface area contributed by atoms with Crippen molar-refractivity contribution in [1.29, 1.82) is 0 Å². The van der Waals surface area contributed by atoms with Gasteiger partial charge >= 0.3 is 0 Å². The van der Waals surface area contributed by atoms with Gasteiger partial charge in [0, 0.05) is 23.8 Å². The minimum Gasteiger partial charge on any atom is -0.486 e. The molecule has 0 saturated carbocycles. The zero-order chi connectivity index (χ0) is 20.4. The van der Waals surface area contributed by atoms with E-state index in [9.17, 15) is 29.8 Å². The van der Waals surface area contributed by atoms with E-state index in [1.54, 1.807) is 0 Å². The SMILES string of the molecule is CC(=O)c1cc2c(cc1NC(=O)c1cc([N+](=O)[O-])cc([N+](=O)[O-])c1)OCCO2. The molecule has 0 aliphatic carbocycles. The first-order valence-electron chi connectivity index (χ1n) is 7.96. The van der Waals surface area contributed by atoms with Gasteiger partial charge in [-0.15, -0.1) is 0 Å². The summed E-state index contributed by atoms with van der Waals surface area (Å²) in [6.07, 6.45) is 0. The topological polar surface area (TPSA) is 151 Å². The van der Waals surface area contributed by atoms with Gasteiger partial charge in [-0.3, -0.25) is 29.8 Å². The number of Topliss-reactive ketones (excluding diaryl/α,β-unsaturated/α-hetero) is 1. The molecule has 0 saturated heterocycles. The normalized spacial score (nSPS) is 12.2. The second-order valence-corrected chi connectivity index (χ2v) is 5.80. The van der Waals surface area contributed by atoms with E-state index in [4.69, 9.17) is 9.47 Å². The van der Waals surface area contributed by atoms with Gasteiger partial charge < -0.3 is 14.8 Å². The molecule has 1 aliphatic heterocycles. The highest BCUT2D eigenvalue weighted by atomic mass is 16.6. The molecule has 28 heavy (non-hydrogen) atoms. The number of benzene rings is 2. The Morgan fingerprint density at radius 3 is 1.96 bits per heavy atom. The van der Waals surface area contributed by atoms with Crippen LogP contribution in [0.2, 0.25) is 0 Å². The van der Waals surface area contributed by atoms with Gasteiger partial charge in [0.25, 0.3) is 17.3 Å². The van der Waals surface area contributed by atoms with Crippen LogP contribution in [-0.4, -0.2) is 34.8 Å². The number of hydrogen-bond donors (Lipinski definition) is 1. The summed E-state index contributed by atoms with van der Waals surface area (Å²) in [4.78, 5) is 44.8. The quantitative estimate of drug-likeness (QED) is 0.467. The molecule has 1 N–H and O–H groups in total. The summed E-state index contributed by atoms with van der Waals surface area (Å²) < 4.78 is 10.8. The second kappa shape index (κ2) is 7.31. The van der Waals surface area contributed by atoms with Crippen molar-refractivity contribution in [3.05, 3.63) is 61.7 Å². The lowest BCUT2D eigenvalue weighted by atomic mass is 10.1. The fraction of sp³-hybridized carbons (Fsp3) is 0.176. The number of anilines is 1. The Balaban J connectivity index is 2.00. The smallest absolute Gasteiger partial charge is 0.277 e. The molecule has 3 rings (SSSR count). The van der Waals surface area contributed by atoms with E-state index in [0.717, 1.165) is 18.2 Å². The highest BCUT2D eigenvalue weighted by Crippen LogP contribution is 2.36. The molecule has 144 valence electrons. The minimum absolute atomic E-state index is 0.0934. The summed E-state index contributed by atoms with van der Waals surface area (Å²) in [7, 11) is 0. The molecule has 1 amide bonds. The maximum absolute atomic E-state index is 12.6. The fourth-order valence-corrected chi connectivity index (χ4v) is 2.62. The number of non-ortho nitro benzene ring substituents is 2. The number of nitrogens with one attached hydrogen (secondary N) is 1. The van der Waals surface area contributed by atoms with Gasteiger partial charge in [0.2, 0.25) is 0 Å². The maximum Gasteiger partial charge on any atom is 0.277 e. The van der Waals surface area contributed by atoms with Gasteiger partial charge in [-0.2, -0.15) is 0 Å². The molecule has 0 spiro atoms. The average Bonchev–Trinajstić information content (AvgIpc) is 2.66. The minimum atomic E-state index is -0.856. The van der Waals surface area contributed by atoms with Crippen LogP contribution in [0.25, 0.3) is 0 Å². The van der Waals surface area contributed by atoms with Gasteiger partial charge in [-0.05, 0) is 13.0 Å². The van der Waals surface area contributed by atoms with Gasteiger partial charge in [0.05, 0.1) is 27.2 Å². The lowest BCUT2D eigenvalue weighted by molar-refractivity contribution is -0.394. The molecular formula is C17H13N3O8.